The van der Waals surface area contributed by atoms with Crippen molar-refractivity contribution in [3.05, 3.63) is 85.1 Å². The Kier molecular flexibility index (Phi) is 79.3. The summed E-state index contributed by atoms with van der Waals surface area (Å²) in [4.78, 5) is 37.7. The van der Waals surface area contributed by atoms with Crippen molar-refractivity contribution >= 4 is 17.9 Å². The zero-order chi connectivity index (χ0) is 73.2. The zero-order valence-corrected chi connectivity index (χ0v) is 67.5. The molecule has 0 aromatic heterocycles. The van der Waals surface area contributed by atoms with Crippen molar-refractivity contribution < 1.29 is 42.9 Å². The fourth-order valence-corrected chi connectivity index (χ4v) is 13.1. The van der Waals surface area contributed by atoms with Gasteiger partial charge in [-0.15, -0.1) is 0 Å². The number of ether oxygens (including phenoxy) is 4. The minimum absolute atomic E-state index is 0.147. The fourth-order valence-electron chi connectivity index (χ4n) is 13.1. The third-order valence-electron chi connectivity index (χ3n) is 19.7. The lowest BCUT2D eigenvalue weighted by atomic mass is 10.0. The summed E-state index contributed by atoms with van der Waals surface area (Å²) in [7, 11) is 5.95. The van der Waals surface area contributed by atoms with Crippen LogP contribution in [0.1, 0.15) is 425 Å². The molecule has 101 heavy (non-hydrogen) atoms. The topological polar surface area (TPSA) is 111 Å². The van der Waals surface area contributed by atoms with Gasteiger partial charge in [-0.2, -0.15) is 0 Å². The highest BCUT2D eigenvalue weighted by atomic mass is 16.7. The molecule has 0 heterocycles. The molecule has 0 fully saturated rings. The number of hydrogen-bond acceptors (Lipinski definition) is 8. The van der Waals surface area contributed by atoms with E-state index in [1.54, 1.807) is 0 Å². The Morgan fingerprint density at radius 2 is 0.564 bits per heavy atom. The molecule has 2 atom stereocenters. The van der Waals surface area contributed by atoms with Gasteiger partial charge in [0.15, 0.2) is 12.4 Å². The predicted octanol–water partition coefficient (Wildman–Crippen LogP) is 27.2. The lowest BCUT2D eigenvalue weighted by Crippen LogP contribution is -2.44. The first kappa shape index (κ1) is 97.5. The fraction of sp³-hybridized carbons (Fsp3) is 0.815. The largest absolute Gasteiger partial charge is 0.545 e. The van der Waals surface area contributed by atoms with Gasteiger partial charge in [0.25, 0.3) is 0 Å². The number of quaternary nitrogens is 1. The van der Waals surface area contributed by atoms with Crippen LogP contribution in [0, 0.1) is 0 Å². The molecule has 0 aliphatic rings. The number of aliphatic carboxylic acids is 1. The quantitative estimate of drug-likeness (QED) is 0.0195. The highest BCUT2D eigenvalue weighted by Crippen LogP contribution is 2.20. The number of nitrogens with zero attached hydrogens (tertiary/aromatic N) is 1. The molecule has 0 rings (SSSR count). The summed E-state index contributed by atoms with van der Waals surface area (Å²) >= 11 is 0. The lowest BCUT2D eigenvalue weighted by molar-refractivity contribution is -0.870. The number of allylic oxidation sites excluding steroid dienone is 14. The third-order valence-corrected chi connectivity index (χ3v) is 19.7. The summed E-state index contributed by atoms with van der Waals surface area (Å²) in [6, 6.07) is 0. The molecule has 0 N–H and O–H groups in total. The van der Waals surface area contributed by atoms with E-state index in [9.17, 15) is 19.5 Å². The van der Waals surface area contributed by atoms with Crippen LogP contribution in [-0.4, -0.2) is 82.3 Å². The number of carbonyl (C=O) groups is 3. The monoisotopic (exact) mass is 1410 g/mol. The van der Waals surface area contributed by atoms with E-state index in [1.807, 2.05) is 21.1 Å². The second-order valence-electron chi connectivity index (χ2n) is 30.8. The van der Waals surface area contributed by atoms with Crippen molar-refractivity contribution in [3.8, 4) is 0 Å². The first-order valence-corrected chi connectivity index (χ1v) is 43.7. The normalized spacial score (nSPS) is 13.0. The number of carbonyl (C=O) groups excluding carboxylic acids is 3. The summed E-state index contributed by atoms with van der Waals surface area (Å²) in [5, 5.41) is 11.9. The second kappa shape index (κ2) is 82.1. The molecule has 588 valence electrons. The van der Waals surface area contributed by atoms with Crippen LogP contribution in [-0.2, 0) is 33.3 Å². The van der Waals surface area contributed by atoms with E-state index >= 15 is 0 Å². The second-order valence-corrected chi connectivity index (χ2v) is 30.8. The van der Waals surface area contributed by atoms with Crippen molar-refractivity contribution in [2.45, 2.75) is 437 Å². The Morgan fingerprint density at radius 1 is 0.307 bits per heavy atom. The SMILES string of the molecule is CC/C=C\C/C=C\C/C=C\C/C=C\C/C=C\C/C=C\C/C=C\CCCCCCCCCCCCCCCC(=O)OC(COC(=O)CCCCCCCCCCCCCCCCCCCCCCCCCCCCCCCCCCCCCCCCCCC)COC(OCC[N+](C)(C)C)C(=O)[O-]. The van der Waals surface area contributed by atoms with Crippen molar-refractivity contribution in [3.63, 3.8) is 0 Å². The van der Waals surface area contributed by atoms with Gasteiger partial charge < -0.3 is 33.3 Å². The van der Waals surface area contributed by atoms with Gasteiger partial charge in [0.1, 0.15) is 13.2 Å². The number of likely N-dealkylation sites (N-methyl/N-ethyl adjacent to an activating group) is 1. The summed E-state index contributed by atoms with van der Waals surface area (Å²) in [5.41, 5.74) is 0. The molecule has 9 heteroatoms. The molecule has 0 radical (unpaired) electrons. The van der Waals surface area contributed by atoms with Gasteiger partial charge in [0, 0.05) is 12.8 Å². The van der Waals surface area contributed by atoms with Crippen LogP contribution in [0.2, 0.25) is 0 Å². The average molecular weight is 1420 g/mol. The molecule has 2 unspecified atom stereocenters. The summed E-state index contributed by atoms with van der Waals surface area (Å²) < 4.78 is 22.9. The van der Waals surface area contributed by atoms with Gasteiger partial charge >= 0.3 is 11.9 Å². The molecule has 0 aliphatic carbocycles. The smallest absolute Gasteiger partial charge is 0.306 e. The first-order chi connectivity index (χ1) is 49.6. The number of carboxylic acid groups (broad SMARTS) is 1. The predicted molar refractivity (Wildman–Crippen MR) is 435 cm³/mol. The molecular formula is C92H167NO8. The molecule has 0 aromatic carbocycles. The Labute approximate surface area is 627 Å². The van der Waals surface area contributed by atoms with Crippen molar-refractivity contribution in [1.82, 2.24) is 0 Å². The lowest BCUT2D eigenvalue weighted by Gasteiger charge is -2.26. The van der Waals surface area contributed by atoms with Crippen LogP contribution >= 0.6 is 0 Å². The van der Waals surface area contributed by atoms with Crippen molar-refractivity contribution in [2.75, 3.05) is 47.5 Å². The molecule has 0 spiro atoms. The van der Waals surface area contributed by atoms with Gasteiger partial charge in [0.05, 0.1) is 40.3 Å². The van der Waals surface area contributed by atoms with E-state index in [2.05, 4.69) is 98.9 Å². The van der Waals surface area contributed by atoms with Crippen LogP contribution in [0.25, 0.3) is 0 Å². The van der Waals surface area contributed by atoms with Gasteiger partial charge in [0.2, 0.25) is 0 Å². The Hall–Kier alpha value is -3.53. The first-order valence-electron chi connectivity index (χ1n) is 43.7. The maximum Gasteiger partial charge on any atom is 0.306 e. The van der Waals surface area contributed by atoms with Crippen LogP contribution in [0.5, 0.6) is 0 Å². The summed E-state index contributed by atoms with van der Waals surface area (Å²) in [6.45, 7) is 4.70. The third kappa shape index (κ3) is 83.6. The van der Waals surface area contributed by atoms with E-state index < -0.39 is 24.3 Å². The van der Waals surface area contributed by atoms with E-state index in [0.717, 1.165) is 83.5 Å². The highest BCUT2D eigenvalue weighted by molar-refractivity contribution is 5.70. The van der Waals surface area contributed by atoms with Crippen LogP contribution < -0.4 is 5.11 Å². The Bertz CT molecular complexity index is 1940. The van der Waals surface area contributed by atoms with Crippen molar-refractivity contribution in [1.29, 1.82) is 0 Å². The summed E-state index contributed by atoms with van der Waals surface area (Å²) in [6.07, 6.45) is 110. The standard InChI is InChI=1S/C92H167NO8/c1-6-8-10-12-14-16-18-20-22-24-26-28-30-32-34-36-38-40-42-43-44-45-46-47-49-50-52-54-56-58-60-62-64-66-68-70-72-74-76-78-80-82-89(94)99-86-88(87-100-92(91(96)97)98-85-84-93(3,4)5)101-90(95)83-81-79-77-75-73-71-69-67-65-63-61-59-57-55-53-51-48-41-39-37-35-33-31-29-27-25-23-21-19-17-15-13-11-9-7-2/h9,11,15,17,21,23,27,29,33,35,39,41,51,53,88,92H,6-8,10,12-14,16,18-20,22,24-26,28,30-32,34,36-38,40,42-50,52,54-87H2,1-5H3/b11-9-,17-15-,23-21-,29-27-,35-33-,41-39-,53-51-. The van der Waals surface area contributed by atoms with Crippen molar-refractivity contribution in [2.24, 2.45) is 0 Å². The average Bonchev–Trinajstić information content (AvgIpc) is 1.25. The molecule has 0 aliphatic heterocycles. The Morgan fingerprint density at radius 3 is 0.842 bits per heavy atom. The van der Waals surface area contributed by atoms with Crippen LogP contribution in [0.3, 0.4) is 0 Å². The molecule has 0 aromatic rings. The number of hydrogen-bond donors (Lipinski definition) is 0. The number of unbranched alkanes of at least 4 members (excludes halogenated alkanes) is 53. The molecular weight excluding hydrogens is 1250 g/mol. The minimum atomic E-state index is -1.63. The van der Waals surface area contributed by atoms with Gasteiger partial charge in [-0.1, -0.05) is 426 Å². The molecule has 0 bridgehead atoms. The number of esters is 2. The van der Waals surface area contributed by atoms with Gasteiger partial charge in [-0.3, -0.25) is 9.59 Å². The van der Waals surface area contributed by atoms with Gasteiger partial charge in [-0.25, -0.2) is 0 Å². The van der Waals surface area contributed by atoms with Crippen LogP contribution in [0.4, 0.5) is 0 Å². The Balaban J connectivity index is 3.94. The minimum Gasteiger partial charge on any atom is -0.545 e. The molecule has 9 nitrogen and oxygen atoms in total. The zero-order valence-electron chi connectivity index (χ0n) is 67.5. The number of carboxylic acids is 1. The van der Waals surface area contributed by atoms with E-state index in [0.29, 0.717) is 23.9 Å². The van der Waals surface area contributed by atoms with E-state index in [4.69, 9.17) is 18.9 Å². The highest BCUT2D eigenvalue weighted by Gasteiger charge is 2.22. The molecule has 0 saturated heterocycles. The van der Waals surface area contributed by atoms with E-state index in [1.165, 1.54) is 308 Å². The number of rotatable bonds is 82. The summed E-state index contributed by atoms with van der Waals surface area (Å²) in [5.74, 6) is -2.26. The molecule has 0 amide bonds. The molecule has 0 saturated carbocycles. The van der Waals surface area contributed by atoms with Crippen LogP contribution in [0.15, 0.2) is 85.1 Å². The van der Waals surface area contributed by atoms with E-state index in [-0.39, 0.29) is 32.2 Å². The maximum atomic E-state index is 13.0. The maximum absolute atomic E-state index is 13.0. The van der Waals surface area contributed by atoms with Gasteiger partial charge in [-0.05, 0) is 70.6 Å².